The molecular weight excluding hydrogens is 256 g/mol. The maximum Gasteiger partial charge on any atom is 0.283 e. The van der Waals surface area contributed by atoms with Crippen molar-refractivity contribution >= 4 is 11.6 Å². The lowest BCUT2D eigenvalue weighted by Crippen LogP contribution is -2.03. The van der Waals surface area contributed by atoms with Crippen molar-refractivity contribution in [3.63, 3.8) is 0 Å². The van der Waals surface area contributed by atoms with E-state index in [9.17, 15) is 0 Å². The number of nitrogens with zero attached hydrogens (tertiary/aromatic N) is 4. The van der Waals surface area contributed by atoms with E-state index in [0.717, 1.165) is 5.69 Å². The molecule has 7 heteroatoms. The molecule has 3 heterocycles. The lowest BCUT2D eigenvalue weighted by atomic mass is 10.4. The van der Waals surface area contributed by atoms with Crippen LogP contribution >= 0.6 is 11.6 Å². The van der Waals surface area contributed by atoms with Crippen LogP contribution in [0.1, 0.15) is 11.6 Å². The van der Waals surface area contributed by atoms with Crippen LogP contribution in [0.2, 0.25) is 5.02 Å². The third-order valence-electron chi connectivity index (χ3n) is 2.53. The predicted molar refractivity (Wildman–Crippen MR) is 63.1 cm³/mol. The van der Waals surface area contributed by atoms with Gasteiger partial charge in [0.1, 0.15) is 6.54 Å². The highest BCUT2D eigenvalue weighted by Crippen LogP contribution is 2.19. The maximum absolute atomic E-state index is 5.92. The van der Waals surface area contributed by atoms with Crippen molar-refractivity contribution in [2.45, 2.75) is 13.5 Å². The van der Waals surface area contributed by atoms with Crippen molar-refractivity contribution in [1.82, 2.24) is 20.0 Å². The van der Waals surface area contributed by atoms with E-state index >= 15 is 0 Å². The second-order valence-corrected chi connectivity index (χ2v) is 4.12. The third-order valence-corrected chi connectivity index (χ3v) is 2.90. The first-order valence-electron chi connectivity index (χ1n) is 5.28. The van der Waals surface area contributed by atoms with Crippen LogP contribution in [0.25, 0.3) is 11.7 Å². The molecule has 6 nitrogen and oxygen atoms in total. The summed E-state index contributed by atoms with van der Waals surface area (Å²) < 4.78 is 12.3. The summed E-state index contributed by atoms with van der Waals surface area (Å²) in [6.45, 7) is 2.26. The van der Waals surface area contributed by atoms with Gasteiger partial charge in [0.25, 0.3) is 5.89 Å². The Balaban J connectivity index is 1.84. The summed E-state index contributed by atoms with van der Waals surface area (Å²) in [5.41, 5.74) is 0.856. The lowest BCUT2D eigenvalue weighted by Gasteiger charge is -1.99. The molecule has 0 saturated carbocycles. The Hall–Kier alpha value is -2.08. The van der Waals surface area contributed by atoms with E-state index in [2.05, 4.69) is 15.3 Å². The van der Waals surface area contributed by atoms with Crippen LogP contribution in [0.5, 0.6) is 0 Å². The third kappa shape index (κ3) is 1.91. The first-order chi connectivity index (χ1) is 8.74. The summed E-state index contributed by atoms with van der Waals surface area (Å²) >= 11 is 5.92. The average Bonchev–Trinajstić information content (AvgIpc) is 3.06. The molecule has 0 fully saturated rings. The fourth-order valence-corrected chi connectivity index (χ4v) is 1.67. The van der Waals surface area contributed by atoms with Gasteiger partial charge in [-0.3, -0.25) is 4.68 Å². The molecule has 18 heavy (non-hydrogen) atoms. The second kappa shape index (κ2) is 4.30. The van der Waals surface area contributed by atoms with Crippen LogP contribution in [-0.4, -0.2) is 20.0 Å². The topological polar surface area (TPSA) is 69.9 Å². The van der Waals surface area contributed by atoms with E-state index in [1.54, 1.807) is 29.3 Å². The maximum atomic E-state index is 5.92. The molecule has 0 bridgehead atoms. The zero-order valence-corrected chi connectivity index (χ0v) is 10.3. The molecule has 0 unspecified atom stereocenters. The number of rotatable bonds is 3. The van der Waals surface area contributed by atoms with Crippen molar-refractivity contribution in [3.05, 3.63) is 41.2 Å². The molecule has 0 aromatic carbocycles. The summed E-state index contributed by atoms with van der Waals surface area (Å²) in [6.07, 6.45) is 3.14. The molecule has 0 atom stereocenters. The smallest absolute Gasteiger partial charge is 0.283 e. The quantitative estimate of drug-likeness (QED) is 0.727. The molecular formula is C11H9ClN4O2. The molecule has 0 radical (unpaired) electrons. The second-order valence-electron chi connectivity index (χ2n) is 3.71. The average molecular weight is 265 g/mol. The summed E-state index contributed by atoms with van der Waals surface area (Å²) in [5, 5.41) is 12.6. The molecule has 0 aliphatic carbocycles. The Kier molecular flexibility index (Phi) is 2.64. The van der Waals surface area contributed by atoms with Crippen LogP contribution in [-0.2, 0) is 6.54 Å². The molecule has 0 N–H and O–H groups in total. The zero-order valence-electron chi connectivity index (χ0n) is 9.50. The summed E-state index contributed by atoms with van der Waals surface area (Å²) in [5.74, 6) is 1.35. The van der Waals surface area contributed by atoms with E-state index < -0.39 is 0 Å². The Morgan fingerprint density at radius 1 is 1.39 bits per heavy atom. The molecule has 3 aromatic rings. The van der Waals surface area contributed by atoms with Gasteiger partial charge in [-0.25, -0.2) is 0 Å². The van der Waals surface area contributed by atoms with Gasteiger partial charge in [0.2, 0.25) is 5.89 Å². The summed E-state index contributed by atoms with van der Waals surface area (Å²) in [6, 6.07) is 3.52. The largest absolute Gasteiger partial charge is 0.459 e. The number of furan rings is 1. The lowest BCUT2D eigenvalue weighted by molar-refractivity contribution is 0.455. The van der Waals surface area contributed by atoms with Gasteiger partial charge in [-0.2, -0.15) is 5.10 Å². The minimum atomic E-state index is 0.353. The zero-order chi connectivity index (χ0) is 12.5. The highest BCUT2D eigenvalue weighted by molar-refractivity contribution is 6.31. The van der Waals surface area contributed by atoms with Crippen molar-refractivity contribution in [3.8, 4) is 11.7 Å². The predicted octanol–water partition coefficient (Wildman–Crippen LogP) is 2.54. The highest BCUT2D eigenvalue weighted by Gasteiger charge is 2.12. The highest BCUT2D eigenvalue weighted by atomic mass is 35.5. The molecule has 0 aliphatic heterocycles. The monoisotopic (exact) mass is 264 g/mol. The SMILES string of the molecule is Cc1c(Cl)cnn1Cc1nnc(-c2ccco2)o1. The van der Waals surface area contributed by atoms with Crippen LogP contribution in [0.3, 0.4) is 0 Å². The number of aromatic nitrogens is 4. The first kappa shape index (κ1) is 11.0. The molecule has 0 spiro atoms. The van der Waals surface area contributed by atoms with E-state index in [4.69, 9.17) is 20.4 Å². The van der Waals surface area contributed by atoms with Gasteiger partial charge in [0, 0.05) is 0 Å². The Morgan fingerprint density at radius 3 is 2.94 bits per heavy atom. The Bertz CT molecular complexity index is 656. The van der Waals surface area contributed by atoms with Crippen molar-refractivity contribution in [2.75, 3.05) is 0 Å². The van der Waals surface area contributed by atoms with E-state index in [1.165, 1.54) is 0 Å². The van der Waals surface area contributed by atoms with Gasteiger partial charge in [-0.1, -0.05) is 11.6 Å². The van der Waals surface area contributed by atoms with E-state index in [1.807, 2.05) is 6.92 Å². The molecule has 0 amide bonds. The summed E-state index contributed by atoms with van der Waals surface area (Å²) in [7, 11) is 0. The number of halogens is 1. The normalized spacial score (nSPS) is 11.0. The fourth-order valence-electron chi connectivity index (χ4n) is 1.53. The van der Waals surface area contributed by atoms with Gasteiger partial charge in [-0.15, -0.1) is 10.2 Å². The van der Waals surface area contributed by atoms with Gasteiger partial charge >= 0.3 is 0 Å². The molecule has 3 aromatic heterocycles. The molecule has 92 valence electrons. The first-order valence-corrected chi connectivity index (χ1v) is 5.66. The number of hydrogen-bond acceptors (Lipinski definition) is 5. The number of hydrogen-bond donors (Lipinski definition) is 0. The standard InChI is InChI=1S/C11H9ClN4O2/c1-7-8(12)5-13-16(7)6-10-14-15-11(18-10)9-3-2-4-17-9/h2-5H,6H2,1H3. The van der Waals surface area contributed by atoms with Gasteiger partial charge in [-0.05, 0) is 19.1 Å². The van der Waals surface area contributed by atoms with Crippen LogP contribution in [0, 0.1) is 6.92 Å². The van der Waals surface area contributed by atoms with Crippen molar-refractivity contribution < 1.29 is 8.83 Å². The van der Waals surface area contributed by atoms with E-state index in [0.29, 0.717) is 29.1 Å². The Labute approximate surface area is 107 Å². The van der Waals surface area contributed by atoms with Crippen LogP contribution in [0.15, 0.2) is 33.4 Å². The fraction of sp³-hybridized carbons (Fsp3) is 0.182. The van der Waals surface area contributed by atoms with Crippen LogP contribution in [0.4, 0.5) is 0 Å². The molecule has 3 rings (SSSR count). The van der Waals surface area contributed by atoms with Gasteiger partial charge in [0.15, 0.2) is 5.76 Å². The van der Waals surface area contributed by atoms with Gasteiger partial charge < -0.3 is 8.83 Å². The van der Waals surface area contributed by atoms with Crippen molar-refractivity contribution in [2.24, 2.45) is 0 Å². The van der Waals surface area contributed by atoms with Crippen LogP contribution < -0.4 is 0 Å². The molecule has 0 saturated heterocycles. The van der Waals surface area contributed by atoms with Gasteiger partial charge in [0.05, 0.1) is 23.2 Å². The Morgan fingerprint density at radius 2 is 2.28 bits per heavy atom. The van der Waals surface area contributed by atoms with E-state index in [-0.39, 0.29) is 0 Å². The van der Waals surface area contributed by atoms with Crippen molar-refractivity contribution in [1.29, 1.82) is 0 Å². The summed E-state index contributed by atoms with van der Waals surface area (Å²) in [4.78, 5) is 0. The minimum absolute atomic E-state index is 0.353. The molecule has 0 aliphatic rings. The minimum Gasteiger partial charge on any atom is -0.459 e.